The molecule has 0 saturated heterocycles. The summed E-state index contributed by atoms with van der Waals surface area (Å²) in [6, 6.07) is 5.08. The summed E-state index contributed by atoms with van der Waals surface area (Å²) in [5.74, 6) is -2.39. The number of fused-ring (bicyclic) bond motifs is 1. The largest absolute Gasteiger partial charge is 0.504 e. The molecule has 0 spiro atoms. The average Bonchev–Trinajstić information content (AvgIpc) is 2.59. The van der Waals surface area contributed by atoms with Crippen LogP contribution < -0.4 is 14.9 Å². The maximum Gasteiger partial charge on any atom is 0.239 e. The van der Waals surface area contributed by atoms with E-state index in [1.54, 1.807) is 0 Å². The van der Waals surface area contributed by atoms with Crippen LogP contribution in [0.1, 0.15) is 0 Å². The van der Waals surface area contributed by atoms with Crippen molar-refractivity contribution in [1.29, 1.82) is 0 Å². The molecule has 0 bridgehead atoms. The third-order valence-electron chi connectivity index (χ3n) is 3.72. The first kappa shape index (κ1) is 16.3. The van der Waals surface area contributed by atoms with Crippen LogP contribution in [0.4, 0.5) is 0 Å². The van der Waals surface area contributed by atoms with Crippen LogP contribution in [0.25, 0.3) is 22.3 Å². The van der Waals surface area contributed by atoms with Crippen molar-refractivity contribution < 1.29 is 34.3 Å². The number of ether oxygens (including phenoxy) is 2. The Labute approximate surface area is 140 Å². The van der Waals surface area contributed by atoms with E-state index in [9.17, 15) is 25.2 Å². The molecule has 0 aliphatic rings. The summed E-state index contributed by atoms with van der Waals surface area (Å²) in [7, 11) is 2.52. The molecule has 0 radical (unpaired) electrons. The zero-order valence-electron chi connectivity index (χ0n) is 13.2. The second kappa shape index (κ2) is 5.82. The molecule has 0 saturated carbocycles. The van der Waals surface area contributed by atoms with Crippen molar-refractivity contribution in [3.63, 3.8) is 0 Å². The van der Waals surface area contributed by atoms with Gasteiger partial charge in [0.1, 0.15) is 11.0 Å². The topological polar surface area (TPSA) is 130 Å². The van der Waals surface area contributed by atoms with Crippen molar-refractivity contribution >= 4 is 11.0 Å². The van der Waals surface area contributed by atoms with Gasteiger partial charge >= 0.3 is 0 Å². The van der Waals surface area contributed by atoms with Crippen LogP contribution in [0.15, 0.2) is 33.5 Å². The normalized spacial score (nSPS) is 10.8. The smallest absolute Gasteiger partial charge is 0.239 e. The Morgan fingerprint density at radius 2 is 1.64 bits per heavy atom. The summed E-state index contributed by atoms with van der Waals surface area (Å²) >= 11 is 0. The Balaban J connectivity index is 2.42. The van der Waals surface area contributed by atoms with Gasteiger partial charge in [0.25, 0.3) is 0 Å². The van der Waals surface area contributed by atoms with E-state index in [1.165, 1.54) is 38.5 Å². The Hall–Kier alpha value is -3.55. The lowest BCUT2D eigenvalue weighted by atomic mass is 10.1. The minimum Gasteiger partial charge on any atom is -0.504 e. The summed E-state index contributed by atoms with van der Waals surface area (Å²) in [5.41, 5.74) is -0.514. The quantitative estimate of drug-likeness (QED) is 0.532. The molecule has 130 valence electrons. The minimum atomic E-state index is -0.721. The zero-order valence-corrected chi connectivity index (χ0v) is 13.2. The fraction of sp³-hybridized carbons (Fsp3) is 0.118. The summed E-state index contributed by atoms with van der Waals surface area (Å²) in [4.78, 5) is 12.7. The van der Waals surface area contributed by atoms with Crippen molar-refractivity contribution in [3.8, 4) is 45.8 Å². The highest BCUT2D eigenvalue weighted by atomic mass is 16.5. The predicted molar refractivity (Wildman–Crippen MR) is 87.7 cm³/mol. The summed E-state index contributed by atoms with van der Waals surface area (Å²) < 4.78 is 15.7. The third-order valence-corrected chi connectivity index (χ3v) is 3.72. The van der Waals surface area contributed by atoms with Gasteiger partial charge in [0.2, 0.25) is 16.9 Å². The number of benzene rings is 2. The molecule has 0 unspecified atom stereocenters. The van der Waals surface area contributed by atoms with E-state index in [1.807, 2.05) is 0 Å². The second-order valence-corrected chi connectivity index (χ2v) is 5.15. The standard InChI is InChI=1S/C17H14O8/c1-23-11-6-10-12(14(21)13(11)20)15(22)17(24-2)16(25-10)7-3-4-8(18)9(19)5-7/h3-6,18-21H,1-2H3. The molecule has 3 rings (SSSR count). The summed E-state index contributed by atoms with van der Waals surface area (Å²) in [5, 5.41) is 38.8. The van der Waals surface area contributed by atoms with Crippen molar-refractivity contribution in [1.82, 2.24) is 0 Å². The van der Waals surface area contributed by atoms with E-state index in [4.69, 9.17) is 13.9 Å². The molecule has 0 amide bonds. The molecule has 0 fully saturated rings. The molecule has 8 nitrogen and oxygen atoms in total. The SMILES string of the molecule is COc1cc2oc(-c3ccc(O)c(O)c3)c(OC)c(=O)c2c(O)c1O. The minimum absolute atomic E-state index is 0.0255. The van der Waals surface area contributed by atoms with E-state index >= 15 is 0 Å². The molecule has 2 aromatic carbocycles. The predicted octanol–water partition coefficient (Wildman–Crippen LogP) is 2.30. The van der Waals surface area contributed by atoms with Crippen LogP contribution in [0.5, 0.6) is 34.5 Å². The van der Waals surface area contributed by atoms with Gasteiger partial charge in [-0.05, 0) is 18.2 Å². The molecular formula is C17H14O8. The van der Waals surface area contributed by atoms with Crippen molar-refractivity contribution in [2.45, 2.75) is 0 Å². The van der Waals surface area contributed by atoms with Gasteiger partial charge in [0.15, 0.2) is 28.8 Å². The number of phenolic OH excluding ortho intramolecular Hbond substituents is 4. The van der Waals surface area contributed by atoms with E-state index in [0.29, 0.717) is 0 Å². The number of hydrogen-bond donors (Lipinski definition) is 4. The van der Waals surface area contributed by atoms with Gasteiger partial charge in [0.05, 0.1) is 14.2 Å². The van der Waals surface area contributed by atoms with Gasteiger partial charge in [-0.25, -0.2) is 0 Å². The highest BCUT2D eigenvalue weighted by Gasteiger charge is 2.23. The highest BCUT2D eigenvalue weighted by molar-refractivity contribution is 5.91. The van der Waals surface area contributed by atoms with Crippen LogP contribution in [-0.4, -0.2) is 34.6 Å². The Morgan fingerprint density at radius 1 is 0.920 bits per heavy atom. The van der Waals surface area contributed by atoms with Gasteiger partial charge in [0, 0.05) is 11.6 Å². The first-order valence-electron chi connectivity index (χ1n) is 7.05. The summed E-state index contributed by atoms with van der Waals surface area (Å²) in [6.45, 7) is 0. The maximum absolute atomic E-state index is 12.7. The molecule has 1 aromatic heterocycles. The van der Waals surface area contributed by atoms with E-state index in [2.05, 4.69) is 0 Å². The highest BCUT2D eigenvalue weighted by Crippen LogP contribution is 2.43. The van der Waals surface area contributed by atoms with Crippen molar-refractivity contribution in [2.75, 3.05) is 14.2 Å². The van der Waals surface area contributed by atoms with Crippen LogP contribution in [0, 0.1) is 0 Å². The van der Waals surface area contributed by atoms with Crippen LogP contribution in [0.2, 0.25) is 0 Å². The fourth-order valence-electron chi connectivity index (χ4n) is 2.48. The van der Waals surface area contributed by atoms with Gasteiger partial charge in [-0.3, -0.25) is 4.79 Å². The Morgan fingerprint density at radius 3 is 2.24 bits per heavy atom. The van der Waals surface area contributed by atoms with Crippen LogP contribution in [-0.2, 0) is 0 Å². The molecular weight excluding hydrogens is 332 g/mol. The van der Waals surface area contributed by atoms with Crippen molar-refractivity contribution in [2.24, 2.45) is 0 Å². The number of aromatic hydroxyl groups is 4. The molecule has 0 aliphatic carbocycles. The Bertz CT molecular complexity index is 1040. The monoisotopic (exact) mass is 346 g/mol. The molecule has 0 aliphatic heterocycles. The number of hydrogen-bond acceptors (Lipinski definition) is 8. The van der Waals surface area contributed by atoms with E-state index < -0.39 is 22.7 Å². The zero-order chi connectivity index (χ0) is 18.3. The summed E-state index contributed by atoms with van der Waals surface area (Å²) in [6.07, 6.45) is 0. The number of phenols is 4. The lowest BCUT2D eigenvalue weighted by Crippen LogP contribution is -2.08. The van der Waals surface area contributed by atoms with E-state index in [0.717, 1.165) is 0 Å². The first-order valence-corrected chi connectivity index (χ1v) is 7.05. The third kappa shape index (κ3) is 2.44. The van der Waals surface area contributed by atoms with Gasteiger partial charge in [-0.2, -0.15) is 0 Å². The maximum atomic E-state index is 12.7. The number of methoxy groups -OCH3 is 2. The molecule has 3 aromatic rings. The lowest BCUT2D eigenvalue weighted by Gasteiger charge is -2.12. The molecule has 1 heterocycles. The molecule has 25 heavy (non-hydrogen) atoms. The fourth-order valence-corrected chi connectivity index (χ4v) is 2.48. The molecule has 8 heteroatoms. The van der Waals surface area contributed by atoms with E-state index in [-0.39, 0.29) is 39.5 Å². The average molecular weight is 346 g/mol. The lowest BCUT2D eigenvalue weighted by molar-refractivity contribution is 0.351. The van der Waals surface area contributed by atoms with Crippen LogP contribution in [0.3, 0.4) is 0 Å². The Kier molecular flexibility index (Phi) is 3.80. The van der Waals surface area contributed by atoms with Crippen LogP contribution >= 0.6 is 0 Å². The van der Waals surface area contributed by atoms with Gasteiger partial charge in [-0.15, -0.1) is 0 Å². The molecule has 4 N–H and O–H groups in total. The van der Waals surface area contributed by atoms with Gasteiger partial charge < -0.3 is 34.3 Å². The second-order valence-electron chi connectivity index (χ2n) is 5.15. The van der Waals surface area contributed by atoms with Crippen molar-refractivity contribution in [3.05, 3.63) is 34.5 Å². The number of rotatable bonds is 3. The first-order chi connectivity index (χ1) is 11.9. The van der Waals surface area contributed by atoms with Gasteiger partial charge in [-0.1, -0.05) is 0 Å². The molecule has 0 atom stereocenters.